The molecule has 1 unspecified atom stereocenters. The van der Waals surface area contributed by atoms with Crippen molar-refractivity contribution < 1.29 is 4.74 Å². The molecule has 0 radical (unpaired) electrons. The molecule has 0 bridgehead atoms. The molecule has 100 valence electrons. The number of hydrogen-bond acceptors (Lipinski definition) is 2. The second kappa shape index (κ2) is 15.1. The van der Waals surface area contributed by atoms with Gasteiger partial charge in [0.25, 0.3) is 0 Å². The van der Waals surface area contributed by atoms with Crippen molar-refractivity contribution in [3.05, 3.63) is 35.9 Å². The molecule has 2 N–H and O–H groups in total. The Bertz CT molecular complexity index is 222. The van der Waals surface area contributed by atoms with Crippen molar-refractivity contribution in [1.82, 2.24) is 0 Å². The Hall–Kier alpha value is -0.860. The molecule has 0 fully saturated rings. The Morgan fingerprint density at radius 1 is 1.06 bits per heavy atom. The van der Waals surface area contributed by atoms with Crippen molar-refractivity contribution in [2.24, 2.45) is 5.73 Å². The monoisotopic (exact) mass is 239 g/mol. The summed E-state index contributed by atoms with van der Waals surface area (Å²) in [6.45, 7) is 11.4. The van der Waals surface area contributed by atoms with Crippen LogP contribution < -0.4 is 5.73 Å². The largest absolute Gasteiger partial charge is 0.377 e. The van der Waals surface area contributed by atoms with E-state index in [4.69, 9.17) is 10.5 Å². The van der Waals surface area contributed by atoms with E-state index >= 15 is 0 Å². The lowest BCUT2D eigenvalue weighted by Gasteiger charge is -2.06. The predicted molar refractivity (Wildman–Crippen MR) is 77.1 cm³/mol. The maximum Gasteiger partial charge on any atom is 0.0716 e. The maximum absolute atomic E-state index is 5.59. The smallest absolute Gasteiger partial charge is 0.0716 e. The van der Waals surface area contributed by atoms with E-state index in [9.17, 15) is 0 Å². The SMILES string of the molecule is CC.CC.CC(N)CCOCc1ccccc1. The number of ether oxygens (including phenoxy) is 1. The van der Waals surface area contributed by atoms with Crippen molar-refractivity contribution in [1.29, 1.82) is 0 Å². The van der Waals surface area contributed by atoms with Crippen molar-refractivity contribution in [3.8, 4) is 0 Å². The van der Waals surface area contributed by atoms with E-state index in [1.54, 1.807) is 0 Å². The van der Waals surface area contributed by atoms with Crippen LogP contribution in [0.15, 0.2) is 30.3 Å². The quantitative estimate of drug-likeness (QED) is 0.788. The van der Waals surface area contributed by atoms with Crippen LogP contribution in [-0.2, 0) is 11.3 Å². The lowest BCUT2D eigenvalue weighted by molar-refractivity contribution is 0.115. The highest BCUT2D eigenvalue weighted by atomic mass is 16.5. The van der Waals surface area contributed by atoms with Gasteiger partial charge >= 0.3 is 0 Å². The van der Waals surface area contributed by atoms with Gasteiger partial charge in [0.05, 0.1) is 6.61 Å². The van der Waals surface area contributed by atoms with Crippen LogP contribution in [0.5, 0.6) is 0 Å². The first kappa shape index (κ1) is 18.5. The summed E-state index contributed by atoms with van der Waals surface area (Å²) in [5, 5.41) is 0. The number of rotatable bonds is 5. The van der Waals surface area contributed by atoms with Gasteiger partial charge in [-0.1, -0.05) is 58.0 Å². The molecular formula is C15H29NO. The lowest BCUT2D eigenvalue weighted by atomic mass is 10.2. The second-order valence-corrected chi connectivity index (χ2v) is 3.30. The van der Waals surface area contributed by atoms with Crippen molar-refractivity contribution in [2.75, 3.05) is 6.61 Å². The lowest BCUT2D eigenvalue weighted by Crippen LogP contribution is -2.17. The molecule has 0 aliphatic carbocycles. The number of nitrogens with two attached hydrogens (primary N) is 1. The molecule has 2 heteroatoms. The summed E-state index contributed by atoms with van der Waals surface area (Å²) in [6.07, 6.45) is 0.923. The minimum Gasteiger partial charge on any atom is -0.377 e. The highest BCUT2D eigenvalue weighted by molar-refractivity contribution is 5.13. The van der Waals surface area contributed by atoms with Crippen LogP contribution in [0.2, 0.25) is 0 Å². The molecule has 0 spiro atoms. The Morgan fingerprint density at radius 3 is 2.06 bits per heavy atom. The van der Waals surface area contributed by atoms with Gasteiger partial charge < -0.3 is 10.5 Å². The molecule has 1 aromatic rings. The molecule has 0 aliphatic heterocycles. The molecule has 1 atom stereocenters. The minimum atomic E-state index is 0.232. The van der Waals surface area contributed by atoms with Gasteiger partial charge in [0.15, 0.2) is 0 Å². The highest BCUT2D eigenvalue weighted by Crippen LogP contribution is 2.00. The number of hydrogen-bond donors (Lipinski definition) is 1. The molecule has 2 nitrogen and oxygen atoms in total. The third-order valence-electron chi connectivity index (χ3n) is 1.83. The Labute approximate surface area is 107 Å². The number of benzene rings is 1. The standard InChI is InChI=1S/C11H17NO.2C2H6/c1-10(12)7-8-13-9-11-5-3-2-4-6-11;2*1-2/h2-6,10H,7-9,12H2,1H3;2*1-2H3. The topological polar surface area (TPSA) is 35.2 Å². The summed E-state index contributed by atoms with van der Waals surface area (Å²) in [7, 11) is 0. The van der Waals surface area contributed by atoms with Gasteiger partial charge in [-0.2, -0.15) is 0 Å². The predicted octanol–water partition coefficient (Wildman–Crippen LogP) is 3.99. The molecule has 0 aliphatic rings. The van der Waals surface area contributed by atoms with Gasteiger partial charge in [-0.15, -0.1) is 0 Å². The summed E-state index contributed by atoms with van der Waals surface area (Å²) in [5.41, 5.74) is 6.81. The van der Waals surface area contributed by atoms with E-state index in [1.165, 1.54) is 5.56 Å². The fourth-order valence-corrected chi connectivity index (χ4v) is 1.03. The summed E-state index contributed by atoms with van der Waals surface area (Å²) in [5.74, 6) is 0. The zero-order valence-electron chi connectivity index (χ0n) is 12.1. The van der Waals surface area contributed by atoms with Crippen LogP contribution in [-0.4, -0.2) is 12.6 Å². The minimum absolute atomic E-state index is 0.232. The molecule has 0 amide bonds. The molecule has 17 heavy (non-hydrogen) atoms. The summed E-state index contributed by atoms with van der Waals surface area (Å²) in [6, 6.07) is 10.4. The van der Waals surface area contributed by atoms with Crippen LogP contribution >= 0.6 is 0 Å². The average Bonchev–Trinajstić information content (AvgIpc) is 2.40. The first-order valence-corrected chi connectivity index (χ1v) is 6.66. The normalized spacial score (nSPS) is 10.5. The first-order chi connectivity index (χ1) is 8.29. The van der Waals surface area contributed by atoms with Crippen LogP contribution in [0.3, 0.4) is 0 Å². The Balaban J connectivity index is 0. The summed E-state index contributed by atoms with van der Waals surface area (Å²) >= 11 is 0. The molecule has 0 heterocycles. The third kappa shape index (κ3) is 13.1. The van der Waals surface area contributed by atoms with Gasteiger partial charge in [0.2, 0.25) is 0 Å². The van der Waals surface area contributed by atoms with Crippen molar-refractivity contribution >= 4 is 0 Å². The maximum atomic E-state index is 5.59. The van der Waals surface area contributed by atoms with E-state index in [0.29, 0.717) is 6.61 Å². The molecule has 1 aromatic carbocycles. The fraction of sp³-hybridized carbons (Fsp3) is 0.600. The first-order valence-electron chi connectivity index (χ1n) is 6.66. The molecule has 0 saturated carbocycles. The molecule has 0 aromatic heterocycles. The van der Waals surface area contributed by atoms with Crippen LogP contribution in [0.25, 0.3) is 0 Å². The van der Waals surface area contributed by atoms with Gasteiger partial charge in [-0.3, -0.25) is 0 Å². The highest BCUT2D eigenvalue weighted by Gasteiger charge is 1.94. The second-order valence-electron chi connectivity index (χ2n) is 3.30. The average molecular weight is 239 g/mol. The summed E-state index contributed by atoms with van der Waals surface area (Å²) < 4.78 is 5.45. The van der Waals surface area contributed by atoms with Gasteiger partial charge in [0, 0.05) is 12.6 Å². The van der Waals surface area contributed by atoms with Crippen LogP contribution in [0.4, 0.5) is 0 Å². The van der Waals surface area contributed by atoms with Gasteiger partial charge in [-0.05, 0) is 18.9 Å². The van der Waals surface area contributed by atoms with E-state index < -0.39 is 0 Å². The third-order valence-corrected chi connectivity index (χ3v) is 1.83. The molecular weight excluding hydrogens is 210 g/mol. The van der Waals surface area contributed by atoms with Crippen LogP contribution in [0.1, 0.15) is 46.6 Å². The van der Waals surface area contributed by atoms with Gasteiger partial charge in [-0.25, -0.2) is 0 Å². The van der Waals surface area contributed by atoms with Gasteiger partial charge in [0.1, 0.15) is 0 Å². The zero-order valence-corrected chi connectivity index (χ0v) is 12.1. The molecule has 1 rings (SSSR count). The van der Waals surface area contributed by atoms with Crippen molar-refractivity contribution in [2.45, 2.75) is 53.7 Å². The summed E-state index contributed by atoms with van der Waals surface area (Å²) in [4.78, 5) is 0. The fourth-order valence-electron chi connectivity index (χ4n) is 1.03. The molecule has 0 saturated heterocycles. The van der Waals surface area contributed by atoms with Crippen molar-refractivity contribution in [3.63, 3.8) is 0 Å². The Morgan fingerprint density at radius 2 is 1.59 bits per heavy atom. The van der Waals surface area contributed by atoms with E-state index in [1.807, 2.05) is 52.8 Å². The Kier molecular flexibility index (Phi) is 16.5. The van der Waals surface area contributed by atoms with Crippen LogP contribution in [0, 0.1) is 0 Å². The van der Waals surface area contributed by atoms with E-state index in [0.717, 1.165) is 13.0 Å². The van der Waals surface area contributed by atoms with E-state index in [-0.39, 0.29) is 6.04 Å². The van der Waals surface area contributed by atoms with E-state index in [2.05, 4.69) is 12.1 Å². The zero-order chi connectivity index (χ0) is 13.5.